The third kappa shape index (κ3) is 2.11. The van der Waals surface area contributed by atoms with Gasteiger partial charge in [0.25, 0.3) is 0 Å². The van der Waals surface area contributed by atoms with Gasteiger partial charge in [-0.15, -0.1) is 22.7 Å². The van der Waals surface area contributed by atoms with E-state index >= 15 is 0 Å². The van der Waals surface area contributed by atoms with Crippen molar-refractivity contribution in [2.24, 2.45) is 0 Å². The van der Waals surface area contributed by atoms with E-state index in [-0.39, 0.29) is 5.97 Å². The molecule has 2 aromatic heterocycles. The number of rotatable bonds is 2. The van der Waals surface area contributed by atoms with Crippen molar-refractivity contribution in [2.75, 3.05) is 7.11 Å². The first-order chi connectivity index (χ1) is 7.61. The SMILES string of the molecule is COC(=O)c1sc(-c2cc(Cl)cs2)nc1C. The molecule has 0 aliphatic rings. The van der Waals surface area contributed by atoms with Crippen molar-refractivity contribution in [1.29, 1.82) is 0 Å². The summed E-state index contributed by atoms with van der Waals surface area (Å²) in [6.07, 6.45) is 0. The summed E-state index contributed by atoms with van der Waals surface area (Å²) < 4.78 is 4.68. The summed E-state index contributed by atoms with van der Waals surface area (Å²) in [6.45, 7) is 1.79. The van der Waals surface area contributed by atoms with E-state index in [4.69, 9.17) is 11.6 Å². The van der Waals surface area contributed by atoms with Crippen molar-refractivity contribution in [3.05, 3.63) is 27.0 Å². The number of thiophene rings is 1. The Morgan fingerprint density at radius 2 is 2.31 bits per heavy atom. The highest BCUT2D eigenvalue weighted by atomic mass is 35.5. The van der Waals surface area contributed by atoms with Gasteiger partial charge in [-0.25, -0.2) is 9.78 Å². The van der Waals surface area contributed by atoms with Crippen LogP contribution in [-0.4, -0.2) is 18.1 Å². The van der Waals surface area contributed by atoms with Gasteiger partial charge in [-0.1, -0.05) is 11.6 Å². The number of ether oxygens (including phenoxy) is 1. The molecule has 0 fully saturated rings. The lowest BCUT2D eigenvalue weighted by molar-refractivity contribution is 0.0605. The van der Waals surface area contributed by atoms with E-state index in [1.807, 2.05) is 11.4 Å². The molecule has 3 nitrogen and oxygen atoms in total. The molecule has 2 heterocycles. The monoisotopic (exact) mass is 273 g/mol. The Bertz CT molecular complexity index is 533. The fourth-order valence-electron chi connectivity index (χ4n) is 1.21. The number of thiazole rings is 1. The highest BCUT2D eigenvalue weighted by Crippen LogP contribution is 2.34. The largest absolute Gasteiger partial charge is 0.465 e. The van der Waals surface area contributed by atoms with Crippen molar-refractivity contribution in [3.8, 4) is 9.88 Å². The molecule has 0 aliphatic heterocycles. The molecule has 0 bridgehead atoms. The zero-order valence-electron chi connectivity index (χ0n) is 8.61. The van der Waals surface area contributed by atoms with E-state index < -0.39 is 0 Å². The molecular formula is C10H8ClNO2S2. The average molecular weight is 274 g/mol. The fraction of sp³-hybridized carbons (Fsp3) is 0.200. The number of aromatic nitrogens is 1. The van der Waals surface area contributed by atoms with Gasteiger partial charge in [0.15, 0.2) is 0 Å². The number of hydrogen-bond donors (Lipinski definition) is 0. The van der Waals surface area contributed by atoms with E-state index in [2.05, 4.69) is 9.72 Å². The quantitative estimate of drug-likeness (QED) is 0.785. The molecule has 2 aromatic rings. The lowest BCUT2D eigenvalue weighted by Crippen LogP contribution is -1.99. The molecule has 6 heteroatoms. The van der Waals surface area contributed by atoms with E-state index in [0.29, 0.717) is 15.6 Å². The van der Waals surface area contributed by atoms with E-state index in [1.54, 1.807) is 6.92 Å². The molecule has 2 rings (SSSR count). The topological polar surface area (TPSA) is 39.2 Å². The summed E-state index contributed by atoms with van der Waals surface area (Å²) in [6, 6.07) is 1.84. The van der Waals surface area contributed by atoms with Crippen LogP contribution in [0.25, 0.3) is 9.88 Å². The van der Waals surface area contributed by atoms with Crippen molar-refractivity contribution in [3.63, 3.8) is 0 Å². The van der Waals surface area contributed by atoms with Crippen LogP contribution in [0.3, 0.4) is 0 Å². The van der Waals surface area contributed by atoms with Gasteiger partial charge in [0.1, 0.15) is 9.88 Å². The second-order valence-electron chi connectivity index (χ2n) is 3.05. The zero-order chi connectivity index (χ0) is 11.7. The van der Waals surface area contributed by atoms with Gasteiger partial charge in [-0.3, -0.25) is 0 Å². The molecule has 0 saturated carbocycles. The van der Waals surface area contributed by atoms with Crippen LogP contribution in [0.5, 0.6) is 0 Å². The lowest BCUT2D eigenvalue weighted by atomic mass is 10.4. The Morgan fingerprint density at radius 1 is 1.56 bits per heavy atom. The Morgan fingerprint density at radius 3 is 2.88 bits per heavy atom. The Balaban J connectivity index is 2.41. The van der Waals surface area contributed by atoms with Gasteiger partial charge >= 0.3 is 5.97 Å². The molecule has 0 N–H and O–H groups in total. The van der Waals surface area contributed by atoms with Crippen molar-refractivity contribution < 1.29 is 9.53 Å². The van der Waals surface area contributed by atoms with Crippen LogP contribution in [0.4, 0.5) is 0 Å². The first-order valence-electron chi connectivity index (χ1n) is 4.42. The van der Waals surface area contributed by atoms with Crippen LogP contribution in [0.2, 0.25) is 5.02 Å². The normalized spacial score (nSPS) is 10.4. The molecule has 0 aliphatic carbocycles. The van der Waals surface area contributed by atoms with Gasteiger partial charge in [-0.2, -0.15) is 0 Å². The van der Waals surface area contributed by atoms with Crippen LogP contribution in [-0.2, 0) is 4.74 Å². The molecule has 84 valence electrons. The van der Waals surface area contributed by atoms with Gasteiger partial charge in [-0.05, 0) is 13.0 Å². The summed E-state index contributed by atoms with van der Waals surface area (Å²) in [5.41, 5.74) is 0.691. The molecule has 0 spiro atoms. The summed E-state index contributed by atoms with van der Waals surface area (Å²) in [4.78, 5) is 17.3. The van der Waals surface area contributed by atoms with Crippen LogP contribution < -0.4 is 0 Å². The Labute approximate surface area is 106 Å². The highest BCUT2D eigenvalue weighted by Gasteiger charge is 2.17. The van der Waals surface area contributed by atoms with Crippen LogP contribution in [0.15, 0.2) is 11.4 Å². The van der Waals surface area contributed by atoms with Crippen molar-refractivity contribution >= 4 is 40.2 Å². The number of carbonyl (C=O) groups excluding carboxylic acids is 1. The molecule has 0 aromatic carbocycles. The Hall–Kier alpha value is -0.910. The van der Waals surface area contributed by atoms with Gasteiger partial charge in [0.2, 0.25) is 0 Å². The van der Waals surface area contributed by atoms with Gasteiger partial charge in [0.05, 0.1) is 22.7 Å². The van der Waals surface area contributed by atoms with Crippen LogP contribution >= 0.6 is 34.3 Å². The first-order valence-corrected chi connectivity index (χ1v) is 6.49. The van der Waals surface area contributed by atoms with Crippen LogP contribution in [0, 0.1) is 6.92 Å². The number of aryl methyl sites for hydroxylation is 1. The maximum absolute atomic E-state index is 11.4. The zero-order valence-corrected chi connectivity index (χ0v) is 11.0. The van der Waals surface area contributed by atoms with E-state index in [9.17, 15) is 4.79 Å². The summed E-state index contributed by atoms with van der Waals surface area (Å²) in [5, 5.41) is 3.33. The number of methoxy groups -OCH3 is 1. The smallest absolute Gasteiger partial charge is 0.349 e. The molecule has 16 heavy (non-hydrogen) atoms. The van der Waals surface area contributed by atoms with Crippen molar-refractivity contribution in [1.82, 2.24) is 4.98 Å². The number of halogens is 1. The van der Waals surface area contributed by atoms with Crippen molar-refractivity contribution in [2.45, 2.75) is 6.92 Å². The van der Waals surface area contributed by atoms with Gasteiger partial charge in [0, 0.05) is 5.38 Å². The molecule has 0 saturated heterocycles. The molecule has 0 unspecified atom stereocenters. The Kier molecular flexibility index (Phi) is 3.28. The molecule has 0 amide bonds. The predicted octanol–water partition coefficient (Wildman–Crippen LogP) is 3.62. The maximum Gasteiger partial charge on any atom is 0.349 e. The minimum Gasteiger partial charge on any atom is -0.465 e. The predicted molar refractivity (Wildman–Crippen MR) is 66.5 cm³/mol. The van der Waals surface area contributed by atoms with E-state index in [0.717, 1.165) is 9.88 Å². The van der Waals surface area contributed by atoms with Crippen LogP contribution in [0.1, 0.15) is 15.4 Å². The molecule has 0 radical (unpaired) electrons. The molecular weight excluding hydrogens is 266 g/mol. The lowest BCUT2D eigenvalue weighted by Gasteiger charge is -1.93. The summed E-state index contributed by atoms with van der Waals surface area (Å²) >= 11 is 8.67. The average Bonchev–Trinajstić information content (AvgIpc) is 2.83. The number of nitrogens with zero attached hydrogens (tertiary/aromatic N) is 1. The number of esters is 1. The minimum atomic E-state index is -0.344. The second-order valence-corrected chi connectivity index (χ2v) is 5.40. The molecule has 0 atom stereocenters. The first kappa shape index (κ1) is 11.6. The fourth-order valence-corrected chi connectivity index (χ4v) is 3.33. The number of carbonyl (C=O) groups is 1. The third-order valence-electron chi connectivity index (χ3n) is 1.95. The maximum atomic E-state index is 11.4. The van der Waals surface area contributed by atoms with Gasteiger partial charge < -0.3 is 4.74 Å². The second kappa shape index (κ2) is 4.53. The minimum absolute atomic E-state index is 0.344. The number of hydrogen-bond acceptors (Lipinski definition) is 5. The summed E-state index contributed by atoms with van der Waals surface area (Å²) in [5.74, 6) is -0.344. The summed E-state index contributed by atoms with van der Waals surface area (Å²) in [7, 11) is 1.36. The van der Waals surface area contributed by atoms with E-state index in [1.165, 1.54) is 29.8 Å². The standard InChI is InChI=1S/C10H8ClNO2S2/c1-5-8(10(13)14-2)16-9(12-5)7-3-6(11)4-15-7/h3-4H,1-2H3. The third-order valence-corrected chi connectivity index (χ3v) is 4.53. The highest BCUT2D eigenvalue weighted by molar-refractivity contribution is 7.22.